The first kappa shape index (κ1) is 25.6. The van der Waals surface area contributed by atoms with E-state index in [0.29, 0.717) is 18.7 Å². The summed E-state index contributed by atoms with van der Waals surface area (Å²) in [5, 5.41) is 2.96. The van der Waals surface area contributed by atoms with Gasteiger partial charge in [-0.05, 0) is 61.1 Å². The number of rotatable bonds is 10. The Morgan fingerprint density at radius 3 is 2.42 bits per heavy atom. The third-order valence-electron chi connectivity index (χ3n) is 5.60. The van der Waals surface area contributed by atoms with Gasteiger partial charge in [0.05, 0.1) is 0 Å². The minimum atomic E-state index is -4.18. The maximum absolute atomic E-state index is 14.0. The second-order valence-corrected chi connectivity index (χ2v) is 10.7. The lowest BCUT2D eigenvalue weighted by molar-refractivity contribution is -0.123. The number of carbonyl (C=O) groups excluding carboxylic acids is 1. The predicted octanol–water partition coefficient (Wildman–Crippen LogP) is 3.15. The largest absolute Gasteiger partial charge is 0.352 e. The van der Waals surface area contributed by atoms with Gasteiger partial charge >= 0.3 is 0 Å². The number of hydrogen-bond acceptors (Lipinski definition) is 5. The van der Waals surface area contributed by atoms with Crippen molar-refractivity contribution in [2.75, 3.05) is 25.1 Å². The fraction of sp³-hybridized carbons (Fsp3) is 0.435. The smallest absolute Gasteiger partial charge is 0.244 e. The maximum Gasteiger partial charge on any atom is 0.244 e. The highest BCUT2D eigenvalue weighted by atomic mass is 32.2. The average molecular weight is 498 g/mol. The summed E-state index contributed by atoms with van der Waals surface area (Å²) in [6.45, 7) is 2.23. The Labute approximate surface area is 198 Å². The third-order valence-corrected chi connectivity index (χ3v) is 7.75. The molecule has 1 amide bonds. The molecule has 0 saturated carbocycles. The van der Waals surface area contributed by atoms with Crippen molar-refractivity contribution in [3.8, 4) is 0 Å². The lowest BCUT2D eigenvalue weighted by Crippen LogP contribution is -2.52. The molecule has 0 bridgehead atoms. The summed E-state index contributed by atoms with van der Waals surface area (Å²) < 4.78 is 54.9. The summed E-state index contributed by atoms with van der Waals surface area (Å²) in [4.78, 5) is 14.7. The molecule has 180 valence electrons. The van der Waals surface area contributed by atoms with Gasteiger partial charge in [0.2, 0.25) is 15.9 Å². The van der Waals surface area contributed by atoms with E-state index in [2.05, 4.69) is 14.9 Å². The van der Waals surface area contributed by atoms with Crippen LogP contribution in [0.25, 0.3) is 0 Å². The van der Waals surface area contributed by atoms with Crippen molar-refractivity contribution in [1.29, 1.82) is 0 Å². The Morgan fingerprint density at radius 2 is 1.79 bits per heavy atom. The number of piperidine rings is 1. The van der Waals surface area contributed by atoms with E-state index in [9.17, 15) is 22.0 Å². The molecule has 0 aliphatic carbocycles. The van der Waals surface area contributed by atoms with Crippen LogP contribution in [0.15, 0.2) is 53.4 Å². The van der Waals surface area contributed by atoms with Crippen molar-refractivity contribution in [2.24, 2.45) is 0 Å². The van der Waals surface area contributed by atoms with E-state index in [4.69, 9.17) is 0 Å². The van der Waals surface area contributed by atoms with Crippen molar-refractivity contribution < 1.29 is 22.0 Å². The van der Waals surface area contributed by atoms with Crippen LogP contribution in [0.1, 0.15) is 24.8 Å². The first-order chi connectivity index (χ1) is 15.8. The van der Waals surface area contributed by atoms with E-state index >= 15 is 0 Å². The number of benzene rings is 2. The molecule has 2 aromatic carbocycles. The van der Waals surface area contributed by atoms with Crippen LogP contribution in [0, 0.1) is 11.6 Å². The SMILES string of the molecule is CSCCC(NS(=O)(=O)c1ccccc1F)C(=O)NC1CCN(Cc2ccc(F)cc2)CC1. The first-order valence-electron chi connectivity index (χ1n) is 10.8. The van der Waals surface area contributed by atoms with Crippen molar-refractivity contribution in [1.82, 2.24) is 14.9 Å². The van der Waals surface area contributed by atoms with Crippen LogP contribution in [-0.2, 0) is 21.4 Å². The highest BCUT2D eigenvalue weighted by Crippen LogP contribution is 2.17. The second kappa shape index (κ2) is 11.9. The Hall–Kier alpha value is -2.01. The monoisotopic (exact) mass is 497 g/mol. The highest BCUT2D eigenvalue weighted by molar-refractivity contribution is 7.98. The standard InChI is InChI=1S/C23H29F2N3O3S2/c1-32-15-12-21(27-33(30,31)22-5-3-2-4-20(22)25)23(29)26-19-10-13-28(14-11-19)16-17-6-8-18(24)9-7-17/h2-9,19,21,27H,10-16H2,1H3,(H,26,29). The van der Waals surface area contributed by atoms with Crippen LogP contribution in [0.5, 0.6) is 0 Å². The predicted molar refractivity (Wildman–Crippen MR) is 126 cm³/mol. The average Bonchev–Trinajstić information content (AvgIpc) is 2.79. The Bertz CT molecular complexity index is 1030. The highest BCUT2D eigenvalue weighted by Gasteiger charge is 2.29. The molecule has 1 aliphatic rings. The molecule has 1 heterocycles. The van der Waals surface area contributed by atoms with Gasteiger partial charge in [-0.15, -0.1) is 0 Å². The molecule has 2 aromatic rings. The number of likely N-dealkylation sites (tertiary alicyclic amines) is 1. The summed E-state index contributed by atoms with van der Waals surface area (Å²) in [5.74, 6) is -0.945. The molecule has 0 radical (unpaired) electrons. The van der Waals surface area contributed by atoms with Crippen molar-refractivity contribution in [2.45, 2.75) is 42.8 Å². The number of nitrogens with zero attached hydrogens (tertiary/aromatic N) is 1. The molecule has 1 aliphatic heterocycles. The normalized spacial score (nSPS) is 16.5. The molecular weight excluding hydrogens is 468 g/mol. The van der Waals surface area contributed by atoms with Gasteiger partial charge in [-0.1, -0.05) is 24.3 Å². The molecule has 1 unspecified atom stereocenters. The number of sulfonamides is 1. The van der Waals surface area contributed by atoms with E-state index in [-0.39, 0.29) is 11.9 Å². The van der Waals surface area contributed by atoms with Gasteiger partial charge in [0.25, 0.3) is 0 Å². The number of halogens is 2. The molecule has 3 rings (SSSR count). The van der Waals surface area contributed by atoms with Crippen LogP contribution >= 0.6 is 11.8 Å². The van der Waals surface area contributed by atoms with Gasteiger partial charge < -0.3 is 5.32 Å². The number of amides is 1. The van der Waals surface area contributed by atoms with Crippen LogP contribution in [0.3, 0.4) is 0 Å². The quantitative estimate of drug-likeness (QED) is 0.527. The number of thioether (sulfide) groups is 1. The lowest BCUT2D eigenvalue weighted by atomic mass is 10.0. The van der Waals surface area contributed by atoms with Gasteiger partial charge in [0.15, 0.2) is 0 Å². The van der Waals surface area contributed by atoms with E-state index in [1.807, 2.05) is 6.26 Å². The zero-order chi connectivity index (χ0) is 23.8. The molecule has 0 aromatic heterocycles. The van der Waals surface area contributed by atoms with Gasteiger partial charge in [0.1, 0.15) is 22.6 Å². The minimum absolute atomic E-state index is 0.0725. The molecular formula is C23H29F2N3O3S2. The molecule has 6 nitrogen and oxygen atoms in total. The molecule has 0 spiro atoms. The first-order valence-corrected chi connectivity index (χ1v) is 13.7. The summed E-state index contributed by atoms with van der Waals surface area (Å²) in [7, 11) is -4.18. The third kappa shape index (κ3) is 7.49. The molecule has 10 heteroatoms. The fourth-order valence-corrected chi connectivity index (χ4v) is 5.56. The van der Waals surface area contributed by atoms with Crippen LogP contribution in [-0.4, -0.2) is 56.4 Å². The van der Waals surface area contributed by atoms with Crippen LogP contribution < -0.4 is 10.0 Å². The summed E-state index contributed by atoms with van der Waals surface area (Å²) in [5.41, 5.74) is 1.03. The van der Waals surface area contributed by atoms with E-state index in [0.717, 1.165) is 37.6 Å². The lowest BCUT2D eigenvalue weighted by Gasteiger charge is -2.33. The van der Waals surface area contributed by atoms with E-state index in [1.54, 1.807) is 12.1 Å². The topological polar surface area (TPSA) is 78.5 Å². The van der Waals surface area contributed by atoms with Gasteiger partial charge in [0, 0.05) is 25.7 Å². The van der Waals surface area contributed by atoms with Crippen molar-refractivity contribution >= 4 is 27.7 Å². The minimum Gasteiger partial charge on any atom is -0.352 e. The second-order valence-electron chi connectivity index (χ2n) is 8.07. The number of carbonyl (C=O) groups is 1. The van der Waals surface area contributed by atoms with E-state index < -0.39 is 32.7 Å². The molecule has 1 saturated heterocycles. The van der Waals surface area contributed by atoms with Crippen LogP contribution in [0.2, 0.25) is 0 Å². The maximum atomic E-state index is 14.0. The molecule has 33 heavy (non-hydrogen) atoms. The Morgan fingerprint density at radius 1 is 1.12 bits per heavy atom. The van der Waals surface area contributed by atoms with Gasteiger partial charge in [-0.3, -0.25) is 9.69 Å². The van der Waals surface area contributed by atoms with E-state index in [1.165, 1.54) is 42.1 Å². The summed E-state index contributed by atoms with van der Waals surface area (Å²) >= 11 is 1.50. The summed E-state index contributed by atoms with van der Waals surface area (Å²) in [6, 6.07) is 10.5. The van der Waals surface area contributed by atoms with Crippen LogP contribution in [0.4, 0.5) is 8.78 Å². The number of nitrogens with one attached hydrogen (secondary N) is 2. The Balaban J connectivity index is 1.56. The zero-order valence-corrected chi connectivity index (χ0v) is 20.1. The van der Waals surface area contributed by atoms with Crippen molar-refractivity contribution in [3.63, 3.8) is 0 Å². The van der Waals surface area contributed by atoms with Crippen molar-refractivity contribution in [3.05, 3.63) is 65.7 Å². The van der Waals surface area contributed by atoms with Gasteiger partial charge in [-0.25, -0.2) is 17.2 Å². The molecule has 2 N–H and O–H groups in total. The Kier molecular flexibility index (Phi) is 9.25. The summed E-state index contributed by atoms with van der Waals surface area (Å²) in [6.07, 6.45) is 3.62. The fourth-order valence-electron chi connectivity index (χ4n) is 3.78. The number of hydrogen-bond donors (Lipinski definition) is 2. The van der Waals surface area contributed by atoms with Gasteiger partial charge in [-0.2, -0.15) is 16.5 Å². The zero-order valence-electron chi connectivity index (χ0n) is 18.5. The molecule has 1 atom stereocenters. The molecule has 1 fully saturated rings.